The van der Waals surface area contributed by atoms with E-state index in [0.717, 1.165) is 53.1 Å². The zero-order valence-corrected chi connectivity index (χ0v) is 32.7. The third kappa shape index (κ3) is 7.46. The van der Waals surface area contributed by atoms with Crippen molar-refractivity contribution in [3.8, 4) is 33.4 Å². The topological polar surface area (TPSA) is 3.24 Å². The molecule has 1 nitrogen and oxygen atoms in total. The van der Waals surface area contributed by atoms with E-state index in [0.29, 0.717) is 11.1 Å². The van der Waals surface area contributed by atoms with Gasteiger partial charge < -0.3 is 0 Å². The summed E-state index contributed by atoms with van der Waals surface area (Å²) in [6, 6.07) is 27.9. The molecule has 0 unspecified atom stereocenters. The van der Waals surface area contributed by atoms with Crippen molar-refractivity contribution in [2.75, 3.05) is 14.1 Å². The first-order valence-corrected chi connectivity index (χ1v) is 20.7. The number of nitrogens with zero attached hydrogens (tertiary/aromatic N) is 1. The molecule has 1 aliphatic rings. The van der Waals surface area contributed by atoms with Crippen LogP contribution < -0.4 is 12.4 Å². The van der Waals surface area contributed by atoms with Crippen LogP contribution in [0.3, 0.4) is 0 Å². The van der Waals surface area contributed by atoms with Crippen LogP contribution in [-0.2, 0) is 29.7 Å². The number of alkyl halides is 6. The molecule has 5 aromatic rings. The van der Waals surface area contributed by atoms with Crippen LogP contribution in [0.5, 0.6) is 0 Å². The molecule has 6 rings (SSSR count). The molecule has 0 fully saturated rings. The van der Waals surface area contributed by atoms with Gasteiger partial charge in [-0.1, -0.05) is 0 Å². The predicted octanol–water partition coefficient (Wildman–Crippen LogP) is 10.2. The van der Waals surface area contributed by atoms with Gasteiger partial charge in [0.25, 0.3) is 0 Å². The molecule has 0 radical (unpaired) electrons. The van der Waals surface area contributed by atoms with Crippen LogP contribution in [0.15, 0.2) is 97.1 Å². The standard InChI is InChI=1S/C26H14F6.C17H28N.Ga/c27-25(28,29)23-13-9-21(10-14-23)19-5-1-17(2-6-19)18-3-7-20(8-4-18)22-11-15-24(16-12-22)26(30,31)32;1-16(2,3)14-9-13(12-18(7)8)10-15(11-14)17(4,5)6;/h1,3,5-16H;9,11H,12H2,1-8H3;. The third-order valence-electron chi connectivity index (χ3n) is 9.82. The summed E-state index contributed by atoms with van der Waals surface area (Å²) >= 11 is -3.04. The fourth-order valence-corrected chi connectivity index (χ4v) is 15.9. The van der Waals surface area contributed by atoms with Crippen LogP contribution in [0.25, 0.3) is 33.4 Å². The Balaban J connectivity index is 1.62. The van der Waals surface area contributed by atoms with Crippen LogP contribution in [0, 0.1) is 0 Å². The molecule has 51 heavy (non-hydrogen) atoms. The normalized spacial score (nSPS) is 13.5. The second kappa shape index (κ2) is 13.0. The van der Waals surface area contributed by atoms with Gasteiger partial charge in [-0.2, -0.15) is 0 Å². The van der Waals surface area contributed by atoms with Gasteiger partial charge in [-0.05, 0) is 0 Å². The Morgan fingerprint density at radius 1 is 0.490 bits per heavy atom. The van der Waals surface area contributed by atoms with Gasteiger partial charge in [0.05, 0.1) is 0 Å². The van der Waals surface area contributed by atoms with Crippen LogP contribution in [0.1, 0.15) is 69.4 Å². The van der Waals surface area contributed by atoms with E-state index < -0.39 is 39.7 Å². The molecule has 1 heterocycles. The predicted molar refractivity (Wildman–Crippen MR) is 199 cm³/mol. The van der Waals surface area contributed by atoms with E-state index in [1.54, 1.807) is 0 Å². The Bertz CT molecular complexity index is 1970. The summed E-state index contributed by atoms with van der Waals surface area (Å²) in [6.07, 6.45) is -8.84. The van der Waals surface area contributed by atoms with Gasteiger partial charge in [0, 0.05) is 0 Å². The summed E-state index contributed by atoms with van der Waals surface area (Å²) < 4.78 is 84.5. The molecule has 8 heteroatoms. The van der Waals surface area contributed by atoms with Crippen LogP contribution in [0.4, 0.5) is 26.3 Å². The van der Waals surface area contributed by atoms with E-state index in [2.05, 4.69) is 96.9 Å². The Hall–Kier alpha value is -3.72. The first-order valence-electron chi connectivity index (χ1n) is 17.1. The molecular weight excluding hydrogens is 714 g/mol. The van der Waals surface area contributed by atoms with E-state index in [1.165, 1.54) is 53.3 Å². The average molecular weight is 757 g/mol. The molecule has 0 aromatic heterocycles. The molecule has 0 aliphatic carbocycles. The maximum absolute atomic E-state index is 13.4. The molecule has 0 bridgehead atoms. The molecule has 1 aliphatic heterocycles. The number of hydrogen-bond donors (Lipinski definition) is 0. The summed E-state index contributed by atoms with van der Waals surface area (Å²) in [6.45, 7) is 14.1. The first kappa shape index (κ1) is 37.0. The number of rotatable bonds is 5. The fraction of sp³-hybridized carbons (Fsp3) is 0.302. The molecule has 0 saturated heterocycles. The molecule has 264 valence electrons. The zero-order valence-electron chi connectivity index (χ0n) is 30.2. The average Bonchev–Trinajstić information content (AvgIpc) is 3.35. The second-order valence-electron chi connectivity index (χ2n) is 16.0. The van der Waals surface area contributed by atoms with Crippen molar-refractivity contribution in [3.05, 3.63) is 125 Å². The van der Waals surface area contributed by atoms with Crippen molar-refractivity contribution in [2.24, 2.45) is 0 Å². The molecule has 0 spiro atoms. The molecule has 0 saturated carbocycles. The van der Waals surface area contributed by atoms with Gasteiger partial charge >= 0.3 is 303 Å². The zero-order chi connectivity index (χ0) is 37.3. The minimum absolute atomic E-state index is 0.0937. The van der Waals surface area contributed by atoms with Gasteiger partial charge in [-0.25, -0.2) is 0 Å². The molecular formula is C43H42F6GaN. The molecule has 0 N–H and O–H groups in total. The van der Waals surface area contributed by atoms with E-state index >= 15 is 0 Å². The third-order valence-corrected chi connectivity index (χ3v) is 17.1. The summed E-state index contributed by atoms with van der Waals surface area (Å²) in [7, 11) is 4.14. The summed E-state index contributed by atoms with van der Waals surface area (Å²) in [5.41, 5.74) is 7.48. The Kier molecular flexibility index (Phi) is 9.48. The Morgan fingerprint density at radius 3 is 1.25 bits per heavy atom. The van der Waals surface area contributed by atoms with E-state index in [4.69, 9.17) is 0 Å². The van der Waals surface area contributed by atoms with Crippen molar-refractivity contribution in [1.82, 2.24) is 4.90 Å². The number of hydrogen-bond acceptors (Lipinski definition) is 1. The fourth-order valence-electron chi connectivity index (χ4n) is 7.21. The van der Waals surface area contributed by atoms with Gasteiger partial charge in [-0.15, -0.1) is 0 Å². The van der Waals surface area contributed by atoms with Crippen LogP contribution in [-0.4, -0.2) is 35.2 Å². The number of halogens is 6. The summed E-state index contributed by atoms with van der Waals surface area (Å²) in [5.74, 6) is 0. The maximum atomic E-state index is 13.4. The van der Waals surface area contributed by atoms with Crippen molar-refractivity contribution >= 4 is 28.6 Å². The van der Waals surface area contributed by atoms with Gasteiger partial charge in [0.15, 0.2) is 0 Å². The van der Waals surface area contributed by atoms with Crippen LogP contribution in [0.2, 0.25) is 0 Å². The molecule has 5 aromatic carbocycles. The minimum atomic E-state index is -4.42. The van der Waals surface area contributed by atoms with Crippen molar-refractivity contribution in [2.45, 2.75) is 71.3 Å². The van der Waals surface area contributed by atoms with Crippen molar-refractivity contribution in [1.29, 1.82) is 0 Å². The van der Waals surface area contributed by atoms with E-state index in [1.807, 2.05) is 12.1 Å². The SMILES string of the molecule is CN(C)Cc1cc(C(C)(C)C)cc(C(C)(C)C)[c]1[Ga]1[c]2cc(-c3ccc(C(F)(F)F)cc3)ccc2-c2ccc(-c3ccc(C(F)(F)F)cc3)c[c]21. The monoisotopic (exact) mass is 755 g/mol. The second-order valence-corrected chi connectivity index (χ2v) is 21.7. The summed E-state index contributed by atoms with van der Waals surface area (Å²) in [4.78, 5) is 2.19. The Labute approximate surface area is 302 Å². The quantitative estimate of drug-likeness (QED) is 0.125. The first-order chi connectivity index (χ1) is 23.6. The number of fused-ring (bicyclic) bond motifs is 3. The van der Waals surface area contributed by atoms with E-state index in [-0.39, 0.29) is 10.8 Å². The molecule has 0 atom stereocenters. The van der Waals surface area contributed by atoms with Gasteiger partial charge in [0.1, 0.15) is 0 Å². The van der Waals surface area contributed by atoms with Gasteiger partial charge in [0.2, 0.25) is 0 Å². The van der Waals surface area contributed by atoms with Crippen molar-refractivity contribution in [3.63, 3.8) is 0 Å². The van der Waals surface area contributed by atoms with Crippen LogP contribution >= 0.6 is 0 Å². The van der Waals surface area contributed by atoms with Crippen molar-refractivity contribution < 1.29 is 26.3 Å². The number of benzene rings is 5. The van der Waals surface area contributed by atoms with E-state index in [9.17, 15) is 26.3 Å². The van der Waals surface area contributed by atoms with Gasteiger partial charge in [-0.3, -0.25) is 0 Å². The molecule has 0 amide bonds. The Morgan fingerprint density at radius 2 is 0.902 bits per heavy atom. The summed E-state index contributed by atoms with van der Waals surface area (Å²) in [5, 5.41) is 0.